The molecule has 0 radical (unpaired) electrons. The fraction of sp³-hybridized carbons (Fsp3) is 0.667. The Morgan fingerprint density at radius 1 is 1.14 bits per heavy atom. The van der Waals surface area contributed by atoms with E-state index in [-0.39, 0.29) is 0 Å². The Morgan fingerprint density at radius 3 is 2.67 bits per heavy atom. The zero-order chi connectivity index (χ0) is 14.8. The van der Waals surface area contributed by atoms with E-state index >= 15 is 0 Å². The Hall–Kier alpha value is -1.06. The lowest BCUT2D eigenvalue weighted by Crippen LogP contribution is -2.31. The van der Waals surface area contributed by atoms with Gasteiger partial charge in [0.2, 0.25) is 0 Å². The molecule has 0 saturated carbocycles. The van der Waals surface area contributed by atoms with E-state index < -0.39 is 0 Å². The van der Waals surface area contributed by atoms with E-state index in [0.29, 0.717) is 18.2 Å². The summed E-state index contributed by atoms with van der Waals surface area (Å²) in [4.78, 5) is 4.96. The van der Waals surface area contributed by atoms with Gasteiger partial charge in [0.05, 0.1) is 0 Å². The molecule has 3 heteroatoms. The molecule has 0 aliphatic carbocycles. The minimum atomic E-state index is 0.352. The van der Waals surface area contributed by atoms with Crippen LogP contribution in [0.5, 0.6) is 5.75 Å². The summed E-state index contributed by atoms with van der Waals surface area (Å²) in [6, 6.07) is 9.80. The summed E-state index contributed by atoms with van der Waals surface area (Å²) in [7, 11) is 2.17. The summed E-state index contributed by atoms with van der Waals surface area (Å²) >= 11 is 0. The molecule has 0 aromatic heterocycles. The highest BCUT2D eigenvalue weighted by Crippen LogP contribution is 2.38. The van der Waals surface area contributed by atoms with Gasteiger partial charge >= 0.3 is 0 Å². The molecule has 1 aromatic carbocycles. The molecule has 2 fully saturated rings. The highest BCUT2D eigenvalue weighted by atomic mass is 16.5. The van der Waals surface area contributed by atoms with Crippen LogP contribution in [0.2, 0.25) is 0 Å². The van der Waals surface area contributed by atoms with Crippen molar-refractivity contribution in [1.29, 1.82) is 0 Å². The third-order valence-electron chi connectivity index (χ3n) is 4.88. The molecule has 2 atom stereocenters. The van der Waals surface area contributed by atoms with Gasteiger partial charge in [-0.05, 0) is 52.8 Å². The van der Waals surface area contributed by atoms with Crippen molar-refractivity contribution in [2.24, 2.45) is 0 Å². The number of likely N-dealkylation sites (N-methyl/N-ethyl adjacent to an activating group) is 1. The van der Waals surface area contributed by atoms with Gasteiger partial charge in [0.15, 0.2) is 0 Å². The second kappa shape index (κ2) is 6.37. The summed E-state index contributed by atoms with van der Waals surface area (Å²) in [5.74, 6) is 1.11. The van der Waals surface area contributed by atoms with E-state index in [2.05, 4.69) is 55.0 Å². The maximum atomic E-state index is 6.35. The molecular formula is C18H28N2O. The van der Waals surface area contributed by atoms with Gasteiger partial charge in [0, 0.05) is 30.7 Å². The van der Waals surface area contributed by atoms with Crippen molar-refractivity contribution in [3.63, 3.8) is 0 Å². The quantitative estimate of drug-likeness (QED) is 0.845. The van der Waals surface area contributed by atoms with Crippen molar-refractivity contribution in [3.8, 4) is 5.75 Å². The first kappa shape index (κ1) is 14.9. The zero-order valence-electron chi connectivity index (χ0n) is 13.6. The lowest BCUT2D eigenvalue weighted by Gasteiger charge is -2.30. The lowest BCUT2D eigenvalue weighted by atomic mass is 10.0. The summed E-state index contributed by atoms with van der Waals surface area (Å²) in [6.07, 6.45) is 4.04. The highest BCUT2D eigenvalue weighted by molar-refractivity contribution is 5.37. The molecular weight excluding hydrogens is 260 g/mol. The number of ether oxygens (including phenoxy) is 1. The summed E-state index contributed by atoms with van der Waals surface area (Å²) in [5, 5.41) is 0. The van der Waals surface area contributed by atoms with Gasteiger partial charge in [-0.3, -0.25) is 4.90 Å². The molecule has 3 rings (SSSR count). The number of hydrogen-bond donors (Lipinski definition) is 0. The van der Waals surface area contributed by atoms with Crippen LogP contribution >= 0.6 is 0 Å². The van der Waals surface area contributed by atoms with Crippen molar-refractivity contribution in [2.45, 2.75) is 51.3 Å². The zero-order valence-corrected chi connectivity index (χ0v) is 13.6. The number of para-hydroxylation sites is 1. The van der Waals surface area contributed by atoms with Crippen LogP contribution in [0.3, 0.4) is 0 Å². The molecule has 1 aromatic rings. The van der Waals surface area contributed by atoms with Crippen molar-refractivity contribution in [2.75, 3.05) is 26.7 Å². The summed E-state index contributed by atoms with van der Waals surface area (Å²) in [6.45, 7) is 8.01. The first-order valence-corrected chi connectivity index (χ1v) is 8.35. The predicted molar refractivity (Wildman–Crippen MR) is 86.8 cm³/mol. The molecule has 2 aliphatic heterocycles. The van der Waals surface area contributed by atoms with Gasteiger partial charge in [-0.2, -0.15) is 0 Å². The highest BCUT2D eigenvalue weighted by Gasteiger charge is 2.30. The molecule has 2 saturated heterocycles. The maximum absolute atomic E-state index is 6.35. The molecule has 2 unspecified atom stereocenters. The van der Waals surface area contributed by atoms with E-state index in [1.807, 2.05) is 0 Å². The van der Waals surface area contributed by atoms with E-state index in [1.165, 1.54) is 24.9 Å². The Bertz CT molecular complexity index is 474. The Kier molecular flexibility index (Phi) is 4.51. The molecule has 0 spiro atoms. The first-order chi connectivity index (χ1) is 10.1. The van der Waals surface area contributed by atoms with Gasteiger partial charge in [-0.15, -0.1) is 0 Å². The SMILES string of the molecule is CC(C)N1CCCC1c1ccccc1OC1CCN(C)C1. The average Bonchev–Trinajstić information content (AvgIpc) is 3.08. The number of benzene rings is 1. The van der Waals surface area contributed by atoms with E-state index in [4.69, 9.17) is 4.74 Å². The normalized spacial score (nSPS) is 27.6. The van der Waals surface area contributed by atoms with Crippen molar-refractivity contribution >= 4 is 0 Å². The van der Waals surface area contributed by atoms with Gasteiger partial charge in [-0.25, -0.2) is 0 Å². The predicted octanol–water partition coefficient (Wildman–Crippen LogP) is 3.31. The third-order valence-corrected chi connectivity index (χ3v) is 4.88. The smallest absolute Gasteiger partial charge is 0.124 e. The Morgan fingerprint density at radius 2 is 1.95 bits per heavy atom. The number of nitrogens with zero attached hydrogens (tertiary/aromatic N) is 2. The van der Waals surface area contributed by atoms with Crippen LogP contribution < -0.4 is 4.74 Å². The monoisotopic (exact) mass is 288 g/mol. The van der Waals surface area contributed by atoms with E-state index in [0.717, 1.165) is 25.3 Å². The fourth-order valence-electron chi connectivity index (χ4n) is 3.77. The van der Waals surface area contributed by atoms with Crippen molar-refractivity contribution < 1.29 is 4.74 Å². The Balaban J connectivity index is 1.79. The van der Waals surface area contributed by atoms with Crippen molar-refractivity contribution in [1.82, 2.24) is 9.80 Å². The molecule has 2 aliphatic rings. The maximum Gasteiger partial charge on any atom is 0.124 e. The third kappa shape index (κ3) is 3.24. The average molecular weight is 288 g/mol. The van der Waals surface area contributed by atoms with Crippen LogP contribution in [0.4, 0.5) is 0 Å². The van der Waals surface area contributed by atoms with Gasteiger partial charge < -0.3 is 9.64 Å². The van der Waals surface area contributed by atoms with Gasteiger partial charge in [0.25, 0.3) is 0 Å². The molecule has 3 nitrogen and oxygen atoms in total. The van der Waals surface area contributed by atoms with E-state index in [1.54, 1.807) is 0 Å². The van der Waals surface area contributed by atoms with Gasteiger partial charge in [-0.1, -0.05) is 18.2 Å². The lowest BCUT2D eigenvalue weighted by molar-refractivity contribution is 0.182. The van der Waals surface area contributed by atoms with Crippen LogP contribution in [0.1, 0.15) is 44.7 Å². The second-order valence-corrected chi connectivity index (χ2v) is 6.82. The molecule has 0 amide bonds. The minimum Gasteiger partial charge on any atom is -0.489 e. The Labute approximate surface area is 128 Å². The second-order valence-electron chi connectivity index (χ2n) is 6.82. The van der Waals surface area contributed by atoms with Crippen LogP contribution in [0.15, 0.2) is 24.3 Å². The number of rotatable bonds is 4. The largest absolute Gasteiger partial charge is 0.489 e. The fourth-order valence-corrected chi connectivity index (χ4v) is 3.77. The van der Waals surface area contributed by atoms with E-state index in [9.17, 15) is 0 Å². The van der Waals surface area contributed by atoms with Crippen LogP contribution in [0.25, 0.3) is 0 Å². The summed E-state index contributed by atoms with van der Waals surface area (Å²) < 4.78 is 6.35. The molecule has 116 valence electrons. The minimum absolute atomic E-state index is 0.352. The van der Waals surface area contributed by atoms with Crippen LogP contribution in [-0.2, 0) is 0 Å². The molecule has 0 N–H and O–H groups in total. The topological polar surface area (TPSA) is 15.7 Å². The van der Waals surface area contributed by atoms with Gasteiger partial charge in [0.1, 0.15) is 11.9 Å². The standard InChI is InChI=1S/C18H28N2O/c1-14(2)20-11-6-8-17(20)16-7-4-5-9-18(16)21-15-10-12-19(3)13-15/h4-5,7,9,14-15,17H,6,8,10-13H2,1-3H3. The number of hydrogen-bond acceptors (Lipinski definition) is 3. The summed E-state index contributed by atoms with van der Waals surface area (Å²) in [5.41, 5.74) is 1.39. The number of likely N-dealkylation sites (tertiary alicyclic amines) is 2. The van der Waals surface area contributed by atoms with Crippen molar-refractivity contribution in [3.05, 3.63) is 29.8 Å². The van der Waals surface area contributed by atoms with Crippen LogP contribution in [0, 0.1) is 0 Å². The van der Waals surface area contributed by atoms with Crippen LogP contribution in [-0.4, -0.2) is 48.6 Å². The molecule has 2 heterocycles. The molecule has 21 heavy (non-hydrogen) atoms. The first-order valence-electron chi connectivity index (χ1n) is 8.35. The molecule has 0 bridgehead atoms.